The maximum absolute atomic E-state index is 12.6. The van der Waals surface area contributed by atoms with Crippen molar-refractivity contribution in [1.29, 1.82) is 0 Å². The Labute approximate surface area is 189 Å². The summed E-state index contributed by atoms with van der Waals surface area (Å²) in [5, 5.41) is 4.01. The topological polar surface area (TPSA) is 77.0 Å². The van der Waals surface area contributed by atoms with Crippen LogP contribution in [0.1, 0.15) is 38.8 Å². The fraction of sp³-hybridized carbons (Fsp3) is 0.125. The van der Waals surface area contributed by atoms with E-state index >= 15 is 0 Å². The van der Waals surface area contributed by atoms with Crippen LogP contribution in [0.3, 0.4) is 0 Å². The first-order chi connectivity index (χ1) is 15.0. The fourth-order valence-electron chi connectivity index (χ4n) is 2.76. The van der Waals surface area contributed by atoms with E-state index in [0.29, 0.717) is 34.8 Å². The molecule has 0 spiro atoms. The largest absolute Gasteiger partial charge is 0.494 e. The quantitative estimate of drug-likeness (QED) is 0.220. The monoisotopic (exact) mass is 480 g/mol. The van der Waals surface area contributed by atoms with Crippen LogP contribution in [0.25, 0.3) is 0 Å². The first-order valence-electron chi connectivity index (χ1n) is 9.61. The lowest BCUT2D eigenvalue weighted by atomic mass is 10.1. The summed E-state index contributed by atoms with van der Waals surface area (Å²) in [5.74, 6) is 0.188. The van der Waals surface area contributed by atoms with Crippen molar-refractivity contribution < 1.29 is 19.1 Å². The maximum Gasteiger partial charge on any atom is 0.343 e. The zero-order valence-electron chi connectivity index (χ0n) is 17.1. The lowest BCUT2D eigenvalue weighted by Crippen LogP contribution is -2.17. The minimum absolute atomic E-state index is 0.329. The van der Waals surface area contributed by atoms with E-state index in [1.165, 1.54) is 6.21 Å². The van der Waals surface area contributed by atoms with Crippen LogP contribution in [0.5, 0.6) is 11.5 Å². The first-order valence-corrected chi connectivity index (χ1v) is 10.4. The number of hydrogen-bond donors (Lipinski definition) is 1. The average Bonchev–Trinajstić information content (AvgIpc) is 2.76. The number of hydrogen-bond acceptors (Lipinski definition) is 5. The number of amides is 1. The number of rotatable bonds is 7. The molecule has 0 saturated heterocycles. The number of ether oxygens (including phenoxy) is 2. The third-order valence-electron chi connectivity index (χ3n) is 4.34. The molecule has 0 fully saturated rings. The van der Waals surface area contributed by atoms with Gasteiger partial charge in [-0.05, 0) is 67.9 Å². The molecule has 0 bridgehead atoms. The fourth-order valence-corrected chi connectivity index (χ4v) is 3.14. The summed E-state index contributed by atoms with van der Waals surface area (Å²) < 4.78 is 11.7. The predicted molar refractivity (Wildman–Crippen MR) is 123 cm³/mol. The molecule has 158 valence electrons. The van der Waals surface area contributed by atoms with Gasteiger partial charge in [-0.2, -0.15) is 5.10 Å². The highest BCUT2D eigenvalue weighted by molar-refractivity contribution is 9.10. The molecule has 0 unspecified atom stereocenters. The Morgan fingerprint density at radius 1 is 1.06 bits per heavy atom. The van der Waals surface area contributed by atoms with Gasteiger partial charge in [-0.15, -0.1) is 0 Å². The van der Waals surface area contributed by atoms with E-state index in [1.807, 2.05) is 26.0 Å². The number of halogens is 1. The van der Waals surface area contributed by atoms with Crippen LogP contribution >= 0.6 is 15.9 Å². The second-order valence-corrected chi connectivity index (χ2v) is 7.46. The van der Waals surface area contributed by atoms with Crippen LogP contribution in [0.15, 0.2) is 76.3 Å². The van der Waals surface area contributed by atoms with Crippen molar-refractivity contribution in [3.63, 3.8) is 0 Å². The molecule has 31 heavy (non-hydrogen) atoms. The minimum Gasteiger partial charge on any atom is -0.494 e. The van der Waals surface area contributed by atoms with Gasteiger partial charge in [0.2, 0.25) is 0 Å². The number of nitrogens with zero attached hydrogens (tertiary/aromatic N) is 1. The number of esters is 1. The lowest BCUT2D eigenvalue weighted by molar-refractivity contribution is 0.0733. The summed E-state index contributed by atoms with van der Waals surface area (Å²) in [5.41, 5.74) is 4.76. The van der Waals surface area contributed by atoms with Crippen molar-refractivity contribution in [1.82, 2.24) is 5.43 Å². The van der Waals surface area contributed by atoms with Crippen molar-refractivity contribution in [3.8, 4) is 11.5 Å². The Morgan fingerprint density at radius 2 is 1.81 bits per heavy atom. The van der Waals surface area contributed by atoms with Crippen molar-refractivity contribution in [2.45, 2.75) is 13.8 Å². The molecule has 0 radical (unpaired) electrons. The molecule has 7 heteroatoms. The lowest BCUT2D eigenvalue weighted by Gasteiger charge is -2.09. The molecule has 0 aromatic heterocycles. The first kappa shape index (κ1) is 22.2. The Balaban J connectivity index is 1.71. The van der Waals surface area contributed by atoms with E-state index in [2.05, 4.69) is 26.5 Å². The number of carbonyl (C=O) groups is 2. The SMILES string of the molecule is CCOc1ccc(C(=O)N/N=C/c2cc(Br)ccc2OC(=O)c2ccccc2C)cc1. The third kappa shape index (κ3) is 6.02. The summed E-state index contributed by atoms with van der Waals surface area (Å²) >= 11 is 3.39. The van der Waals surface area contributed by atoms with Gasteiger partial charge in [0.25, 0.3) is 5.91 Å². The van der Waals surface area contributed by atoms with Gasteiger partial charge in [-0.3, -0.25) is 4.79 Å². The van der Waals surface area contributed by atoms with Crippen LogP contribution in [-0.4, -0.2) is 24.7 Å². The summed E-state index contributed by atoms with van der Waals surface area (Å²) in [4.78, 5) is 24.9. The van der Waals surface area contributed by atoms with Gasteiger partial charge < -0.3 is 9.47 Å². The average molecular weight is 481 g/mol. The molecular weight excluding hydrogens is 460 g/mol. The van der Waals surface area contributed by atoms with E-state index < -0.39 is 5.97 Å². The molecule has 0 heterocycles. The molecule has 6 nitrogen and oxygen atoms in total. The minimum atomic E-state index is -0.464. The molecule has 1 N–H and O–H groups in total. The second kappa shape index (κ2) is 10.5. The van der Waals surface area contributed by atoms with Crippen molar-refractivity contribution in [2.24, 2.45) is 5.10 Å². The number of nitrogens with one attached hydrogen (secondary N) is 1. The van der Waals surface area contributed by atoms with Gasteiger partial charge in [0, 0.05) is 15.6 Å². The predicted octanol–water partition coefficient (Wildman–Crippen LogP) is 5.14. The highest BCUT2D eigenvalue weighted by Crippen LogP contribution is 2.23. The molecule has 0 aliphatic carbocycles. The number of carbonyl (C=O) groups excluding carboxylic acids is 2. The van der Waals surface area contributed by atoms with E-state index in [4.69, 9.17) is 9.47 Å². The van der Waals surface area contributed by atoms with Gasteiger partial charge >= 0.3 is 5.97 Å². The third-order valence-corrected chi connectivity index (χ3v) is 4.83. The highest BCUT2D eigenvalue weighted by atomic mass is 79.9. The Kier molecular flexibility index (Phi) is 7.56. The summed E-state index contributed by atoms with van der Waals surface area (Å²) in [6.07, 6.45) is 1.43. The standard InChI is InChI=1S/C24H21BrN2O4/c1-3-30-20-11-8-17(9-12-20)23(28)27-26-15-18-14-19(25)10-13-22(18)31-24(29)21-7-5-4-6-16(21)2/h4-15H,3H2,1-2H3,(H,27,28)/b26-15+. The maximum atomic E-state index is 12.6. The second-order valence-electron chi connectivity index (χ2n) is 6.54. The number of hydrazone groups is 1. The smallest absolute Gasteiger partial charge is 0.343 e. The van der Waals surface area contributed by atoms with Crippen molar-refractivity contribution in [3.05, 3.63) is 93.5 Å². The zero-order valence-corrected chi connectivity index (χ0v) is 18.7. The van der Waals surface area contributed by atoms with E-state index in [1.54, 1.807) is 54.6 Å². The van der Waals surface area contributed by atoms with Crippen LogP contribution < -0.4 is 14.9 Å². The van der Waals surface area contributed by atoms with Gasteiger partial charge in [-0.25, -0.2) is 10.2 Å². The molecule has 3 rings (SSSR count). The molecule has 1 amide bonds. The van der Waals surface area contributed by atoms with Gasteiger partial charge in [0.1, 0.15) is 11.5 Å². The molecule has 0 atom stereocenters. The van der Waals surface area contributed by atoms with Crippen LogP contribution in [0, 0.1) is 6.92 Å². The number of aryl methyl sites for hydroxylation is 1. The van der Waals surface area contributed by atoms with Crippen LogP contribution in [0.4, 0.5) is 0 Å². The zero-order chi connectivity index (χ0) is 22.2. The van der Waals surface area contributed by atoms with Crippen LogP contribution in [-0.2, 0) is 0 Å². The Bertz CT molecular complexity index is 1110. The molecule has 0 aliphatic rings. The normalized spacial score (nSPS) is 10.7. The Morgan fingerprint density at radius 3 is 2.52 bits per heavy atom. The van der Waals surface area contributed by atoms with Gasteiger partial charge in [0.05, 0.1) is 18.4 Å². The van der Waals surface area contributed by atoms with Gasteiger partial charge in [0.15, 0.2) is 0 Å². The number of benzene rings is 3. The highest BCUT2D eigenvalue weighted by Gasteiger charge is 2.13. The molecule has 0 saturated carbocycles. The Hall–Kier alpha value is -3.45. The van der Waals surface area contributed by atoms with E-state index in [-0.39, 0.29) is 5.91 Å². The van der Waals surface area contributed by atoms with Gasteiger partial charge in [-0.1, -0.05) is 34.1 Å². The van der Waals surface area contributed by atoms with E-state index in [0.717, 1.165) is 10.0 Å². The van der Waals surface area contributed by atoms with E-state index in [9.17, 15) is 9.59 Å². The summed E-state index contributed by atoms with van der Waals surface area (Å²) in [7, 11) is 0. The summed E-state index contributed by atoms with van der Waals surface area (Å²) in [6.45, 7) is 4.29. The molecule has 3 aromatic rings. The van der Waals surface area contributed by atoms with Crippen LogP contribution in [0.2, 0.25) is 0 Å². The van der Waals surface area contributed by atoms with Crippen molar-refractivity contribution >= 4 is 34.0 Å². The molecule has 0 aliphatic heterocycles. The summed E-state index contributed by atoms with van der Waals surface area (Å²) in [6, 6.07) is 19.1. The van der Waals surface area contributed by atoms with Crippen molar-refractivity contribution in [2.75, 3.05) is 6.61 Å². The molecular formula is C24H21BrN2O4. The molecule has 3 aromatic carbocycles.